The normalized spacial score (nSPS) is 29.2. The van der Waals surface area contributed by atoms with Gasteiger partial charge in [0.1, 0.15) is 5.73 Å². The SMILES string of the molecule is CC1(CC=C(F)B2OC(C)(C)C(C)(C)O2)COC1. The van der Waals surface area contributed by atoms with E-state index in [-0.39, 0.29) is 11.1 Å². The molecule has 2 aliphatic rings. The molecule has 5 heteroatoms. The maximum absolute atomic E-state index is 14.1. The van der Waals surface area contributed by atoms with Gasteiger partial charge < -0.3 is 14.0 Å². The number of rotatable bonds is 3. The van der Waals surface area contributed by atoms with Crippen LogP contribution in [0, 0.1) is 5.41 Å². The number of halogens is 1. The van der Waals surface area contributed by atoms with Gasteiger partial charge in [-0.1, -0.05) is 13.0 Å². The topological polar surface area (TPSA) is 27.7 Å². The van der Waals surface area contributed by atoms with Gasteiger partial charge in [0.25, 0.3) is 0 Å². The van der Waals surface area contributed by atoms with E-state index in [1.54, 1.807) is 6.08 Å². The minimum Gasteiger partial charge on any atom is -0.398 e. The largest absolute Gasteiger partial charge is 0.524 e. The summed E-state index contributed by atoms with van der Waals surface area (Å²) in [5.74, 6) is 0. The Bertz CT molecular complexity index is 345. The first kappa shape index (κ1) is 14.0. The van der Waals surface area contributed by atoms with Crippen LogP contribution < -0.4 is 0 Å². The van der Waals surface area contributed by atoms with Crippen LogP contribution in [-0.4, -0.2) is 31.5 Å². The molecule has 0 radical (unpaired) electrons. The summed E-state index contributed by atoms with van der Waals surface area (Å²) in [7, 11) is -0.875. The van der Waals surface area contributed by atoms with Gasteiger partial charge in [0.15, 0.2) is 0 Å². The molecule has 0 saturated carbocycles. The lowest BCUT2D eigenvalue weighted by atomic mass is 9.81. The van der Waals surface area contributed by atoms with Crippen LogP contribution in [0.2, 0.25) is 0 Å². The molecule has 0 unspecified atom stereocenters. The fourth-order valence-electron chi connectivity index (χ4n) is 1.96. The minimum absolute atomic E-state index is 0.0704. The van der Waals surface area contributed by atoms with Crippen molar-refractivity contribution in [2.45, 2.75) is 52.2 Å². The van der Waals surface area contributed by atoms with Gasteiger partial charge in [0, 0.05) is 5.41 Å². The Morgan fingerprint density at radius 3 is 2.00 bits per heavy atom. The van der Waals surface area contributed by atoms with E-state index in [0.717, 1.165) is 0 Å². The average molecular weight is 256 g/mol. The highest BCUT2D eigenvalue weighted by Gasteiger charge is 2.53. The summed E-state index contributed by atoms with van der Waals surface area (Å²) in [6.07, 6.45) is 2.23. The summed E-state index contributed by atoms with van der Waals surface area (Å²) in [6, 6.07) is 0. The third-order valence-corrected chi connectivity index (χ3v) is 4.17. The van der Waals surface area contributed by atoms with Gasteiger partial charge in [-0.15, -0.1) is 0 Å². The summed E-state index contributed by atoms with van der Waals surface area (Å²) in [5, 5.41) is 0. The summed E-state index contributed by atoms with van der Waals surface area (Å²) >= 11 is 0. The average Bonchev–Trinajstić information content (AvgIpc) is 2.42. The third kappa shape index (κ3) is 2.49. The van der Waals surface area contributed by atoms with Gasteiger partial charge in [-0.2, -0.15) is 0 Å². The van der Waals surface area contributed by atoms with Crippen LogP contribution in [0.4, 0.5) is 4.39 Å². The highest BCUT2D eigenvalue weighted by Crippen LogP contribution is 2.39. The molecule has 0 aromatic rings. The van der Waals surface area contributed by atoms with E-state index >= 15 is 0 Å². The predicted octanol–water partition coefficient (Wildman–Crippen LogP) is 2.90. The monoisotopic (exact) mass is 256 g/mol. The first-order valence-corrected chi connectivity index (χ1v) is 6.44. The molecular weight excluding hydrogens is 234 g/mol. The molecule has 2 rings (SSSR count). The second-order valence-corrected chi connectivity index (χ2v) is 6.68. The van der Waals surface area contributed by atoms with E-state index in [9.17, 15) is 4.39 Å². The van der Waals surface area contributed by atoms with E-state index in [1.165, 1.54) is 0 Å². The van der Waals surface area contributed by atoms with Crippen LogP contribution in [0.15, 0.2) is 11.8 Å². The van der Waals surface area contributed by atoms with Crippen LogP contribution in [0.5, 0.6) is 0 Å². The Morgan fingerprint density at radius 1 is 1.11 bits per heavy atom. The summed E-state index contributed by atoms with van der Waals surface area (Å²) in [5.41, 5.74) is -1.25. The molecule has 0 aromatic carbocycles. The molecule has 0 N–H and O–H groups in total. The highest BCUT2D eigenvalue weighted by molar-refractivity contribution is 6.53. The van der Waals surface area contributed by atoms with Crippen LogP contribution in [0.3, 0.4) is 0 Å². The van der Waals surface area contributed by atoms with Gasteiger partial charge in [-0.05, 0) is 34.1 Å². The van der Waals surface area contributed by atoms with Crippen molar-refractivity contribution in [3.05, 3.63) is 11.8 Å². The van der Waals surface area contributed by atoms with Crippen molar-refractivity contribution in [2.75, 3.05) is 13.2 Å². The van der Waals surface area contributed by atoms with Crippen molar-refractivity contribution in [3.63, 3.8) is 0 Å². The zero-order valence-corrected chi connectivity index (χ0v) is 11.9. The Kier molecular flexibility index (Phi) is 3.37. The number of ether oxygens (including phenoxy) is 1. The minimum atomic E-state index is -0.875. The molecule has 102 valence electrons. The molecule has 3 nitrogen and oxygen atoms in total. The van der Waals surface area contributed by atoms with Crippen molar-refractivity contribution in [1.29, 1.82) is 0 Å². The second-order valence-electron chi connectivity index (χ2n) is 6.68. The molecule has 0 aromatic heterocycles. The molecule has 2 fully saturated rings. The highest BCUT2D eigenvalue weighted by atomic mass is 19.1. The Balaban J connectivity index is 1.98. The number of hydrogen-bond donors (Lipinski definition) is 0. The van der Waals surface area contributed by atoms with Crippen molar-refractivity contribution < 1.29 is 18.4 Å². The molecule has 18 heavy (non-hydrogen) atoms. The fraction of sp³-hybridized carbons (Fsp3) is 0.846. The van der Waals surface area contributed by atoms with E-state index in [2.05, 4.69) is 6.92 Å². The van der Waals surface area contributed by atoms with Crippen molar-refractivity contribution in [2.24, 2.45) is 5.41 Å². The van der Waals surface area contributed by atoms with E-state index < -0.39 is 18.3 Å². The first-order valence-electron chi connectivity index (χ1n) is 6.44. The predicted molar refractivity (Wildman–Crippen MR) is 68.8 cm³/mol. The summed E-state index contributed by atoms with van der Waals surface area (Å²) in [4.78, 5) is 0. The quantitative estimate of drug-likeness (QED) is 0.726. The molecule has 2 aliphatic heterocycles. The van der Waals surface area contributed by atoms with Crippen LogP contribution in [-0.2, 0) is 14.0 Å². The Morgan fingerprint density at radius 2 is 1.61 bits per heavy atom. The lowest BCUT2D eigenvalue weighted by Crippen LogP contribution is -2.41. The molecule has 0 spiro atoms. The molecule has 0 aliphatic carbocycles. The summed E-state index contributed by atoms with van der Waals surface area (Å²) in [6.45, 7) is 11.1. The molecule has 0 amide bonds. The lowest BCUT2D eigenvalue weighted by molar-refractivity contribution is -0.0990. The number of allylic oxidation sites excluding steroid dienone is 1. The fourth-order valence-corrected chi connectivity index (χ4v) is 1.96. The molecule has 0 bridgehead atoms. The Hall–Kier alpha value is -0.385. The zero-order chi connectivity index (χ0) is 13.6. The van der Waals surface area contributed by atoms with Gasteiger partial charge in [0.2, 0.25) is 0 Å². The molecule has 2 heterocycles. The lowest BCUT2D eigenvalue weighted by Gasteiger charge is -2.37. The van der Waals surface area contributed by atoms with Gasteiger partial charge >= 0.3 is 7.12 Å². The zero-order valence-electron chi connectivity index (χ0n) is 11.9. The maximum Gasteiger partial charge on any atom is 0.524 e. The van der Waals surface area contributed by atoms with Crippen molar-refractivity contribution in [3.8, 4) is 0 Å². The van der Waals surface area contributed by atoms with E-state index in [4.69, 9.17) is 14.0 Å². The van der Waals surface area contributed by atoms with Crippen molar-refractivity contribution in [1.82, 2.24) is 0 Å². The molecule has 0 atom stereocenters. The Labute approximate surface area is 109 Å². The standard InChI is InChI=1S/C13H22BFO3/c1-11(2)12(3,4)18-14(17-11)10(15)6-7-13(5)8-16-9-13/h6H,7-9H2,1-5H3. The van der Waals surface area contributed by atoms with Crippen molar-refractivity contribution >= 4 is 7.12 Å². The number of hydrogen-bond acceptors (Lipinski definition) is 3. The summed E-state index contributed by atoms with van der Waals surface area (Å²) < 4.78 is 30.5. The van der Waals surface area contributed by atoms with E-state index in [0.29, 0.717) is 19.6 Å². The second kappa shape index (κ2) is 4.32. The van der Waals surface area contributed by atoms with E-state index in [1.807, 2.05) is 27.7 Å². The first-order chi connectivity index (χ1) is 8.15. The maximum atomic E-state index is 14.1. The van der Waals surface area contributed by atoms with Crippen LogP contribution >= 0.6 is 0 Å². The smallest absolute Gasteiger partial charge is 0.398 e. The van der Waals surface area contributed by atoms with Gasteiger partial charge in [-0.25, -0.2) is 4.39 Å². The van der Waals surface area contributed by atoms with Gasteiger partial charge in [0.05, 0.1) is 24.4 Å². The molecule has 2 saturated heterocycles. The van der Waals surface area contributed by atoms with Crippen LogP contribution in [0.25, 0.3) is 0 Å². The third-order valence-electron chi connectivity index (χ3n) is 4.17. The molecular formula is C13H22BFO3. The van der Waals surface area contributed by atoms with Crippen LogP contribution in [0.1, 0.15) is 41.0 Å². The van der Waals surface area contributed by atoms with Gasteiger partial charge in [-0.3, -0.25) is 0 Å².